The first-order valence-electron chi connectivity index (χ1n) is 20.8. The van der Waals surface area contributed by atoms with Crippen molar-refractivity contribution in [3.05, 3.63) is 36.5 Å². The van der Waals surface area contributed by atoms with Crippen LogP contribution in [0.2, 0.25) is 0 Å². The van der Waals surface area contributed by atoms with Gasteiger partial charge in [0.1, 0.15) is 6.10 Å². The van der Waals surface area contributed by atoms with E-state index in [0.717, 1.165) is 51.4 Å². The van der Waals surface area contributed by atoms with Crippen LogP contribution >= 0.6 is 0 Å². The Morgan fingerprint density at radius 3 is 1.27 bits per heavy atom. The summed E-state index contributed by atoms with van der Waals surface area (Å²) in [7, 11) is 0. The molecule has 0 saturated carbocycles. The Hall–Kier alpha value is -1.43. The summed E-state index contributed by atoms with van der Waals surface area (Å²) in [6.07, 6.45) is 46.7. The number of aliphatic hydroxyl groups is 3. The van der Waals surface area contributed by atoms with Crippen LogP contribution in [0.4, 0.5) is 0 Å². The number of hydrogen-bond acceptors (Lipinski definition) is 4. The van der Waals surface area contributed by atoms with Gasteiger partial charge >= 0.3 is 0 Å². The zero-order valence-electron chi connectivity index (χ0n) is 31.9. The molecule has 0 aliphatic rings. The second-order valence-electron chi connectivity index (χ2n) is 14.2. The standard InChI is InChI=1S/C43H81NO4/c1-3-5-7-9-11-13-15-17-19-21-22-23-25-27-29-31-33-35-37-41(46)43(48)40(39-45)44-42(47)38-36-34-32-30-28-26-24-20-18-16-14-12-10-8-6-4-2/h20,22-24,29,31,40-41,43,45-46,48H,3-19,21,25-28,30,32-39H2,1-2H3,(H,44,47)/b23-22+,24-20-,31-29+. The maximum absolute atomic E-state index is 12.4. The minimum Gasteiger partial charge on any atom is -0.394 e. The average molecular weight is 676 g/mol. The van der Waals surface area contributed by atoms with Crippen molar-refractivity contribution in [1.29, 1.82) is 0 Å². The van der Waals surface area contributed by atoms with Crippen LogP contribution in [0, 0.1) is 0 Å². The zero-order chi connectivity index (χ0) is 35.2. The van der Waals surface area contributed by atoms with Crippen LogP contribution in [0.25, 0.3) is 0 Å². The lowest BCUT2D eigenvalue weighted by Crippen LogP contribution is -2.50. The second kappa shape index (κ2) is 38.4. The summed E-state index contributed by atoms with van der Waals surface area (Å²) in [5.41, 5.74) is 0. The molecule has 0 aromatic carbocycles. The number of aliphatic hydroxyl groups excluding tert-OH is 3. The van der Waals surface area contributed by atoms with Gasteiger partial charge in [0.15, 0.2) is 0 Å². The molecule has 5 heteroatoms. The van der Waals surface area contributed by atoms with E-state index in [2.05, 4.69) is 55.6 Å². The molecule has 4 N–H and O–H groups in total. The van der Waals surface area contributed by atoms with Gasteiger partial charge in [-0.3, -0.25) is 4.79 Å². The summed E-state index contributed by atoms with van der Waals surface area (Å²) in [4.78, 5) is 12.4. The monoisotopic (exact) mass is 676 g/mol. The SMILES string of the molecule is CCCCCCCCC/C=C\CCCCCCCC(=O)NC(CO)C(O)C(O)CCC/C=C/CC/C=C/CCCCCCCCCCC. The molecule has 282 valence electrons. The molecule has 0 aliphatic carbocycles. The Morgan fingerprint density at radius 2 is 0.854 bits per heavy atom. The molecular formula is C43H81NO4. The number of carbonyl (C=O) groups is 1. The van der Waals surface area contributed by atoms with Crippen LogP contribution in [0.1, 0.15) is 206 Å². The first kappa shape index (κ1) is 46.6. The lowest BCUT2D eigenvalue weighted by atomic mass is 10.0. The fourth-order valence-corrected chi connectivity index (χ4v) is 6.17. The van der Waals surface area contributed by atoms with E-state index in [1.54, 1.807) is 0 Å². The first-order valence-corrected chi connectivity index (χ1v) is 20.8. The fraction of sp³-hybridized carbons (Fsp3) is 0.837. The van der Waals surface area contributed by atoms with Gasteiger partial charge in [0.25, 0.3) is 0 Å². The van der Waals surface area contributed by atoms with Gasteiger partial charge in [-0.1, -0.05) is 159 Å². The lowest BCUT2D eigenvalue weighted by Gasteiger charge is -2.26. The van der Waals surface area contributed by atoms with E-state index >= 15 is 0 Å². The Labute approximate surface area is 298 Å². The zero-order valence-corrected chi connectivity index (χ0v) is 31.9. The molecule has 0 saturated heterocycles. The summed E-state index contributed by atoms with van der Waals surface area (Å²) in [5, 5.41) is 33.4. The highest BCUT2D eigenvalue weighted by atomic mass is 16.3. The molecule has 0 radical (unpaired) electrons. The molecule has 0 heterocycles. The van der Waals surface area contributed by atoms with Crippen LogP contribution in [0.5, 0.6) is 0 Å². The number of hydrogen-bond donors (Lipinski definition) is 4. The number of carbonyl (C=O) groups excluding carboxylic acids is 1. The third kappa shape index (κ3) is 33.1. The smallest absolute Gasteiger partial charge is 0.220 e. The van der Waals surface area contributed by atoms with Gasteiger partial charge in [-0.05, 0) is 77.0 Å². The third-order valence-electron chi connectivity index (χ3n) is 9.44. The highest BCUT2D eigenvalue weighted by Gasteiger charge is 2.26. The molecule has 1 amide bonds. The van der Waals surface area contributed by atoms with E-state index < -0.39 is 18.2 Å². The summed E-state index contributed by atoms with van der Waals surface area (Å²) in [5.74, 6) is -0.168. The normalized spacial score (nSPS) is 14.0. The van der Waals surface area contributed by atoms with E-state index in [1.165, 1.54) is 128 Å². The van der Waals surface area contributed by atoms with Crippen molar-refractivity contribution in [2.24, 2.45) is 0 Å². The summed E-state index contributed by atoms with van der Waals surface area (Å²) in [6, 6.07) is -0.835. The number of nitrogens with one attached hydrogen (secondary N) is 1. The van der Waals surface area contributed by atoms with Gasteiger partial charge in [-0.15, -0.1) is 0 Å². The van der Waals surface area contributed by atoms with E-state index in [1.807, 2.05) is 0 Å². The van der Waals surface area contributed by atoms with Crippen molar-refractivity contribution >= 4 is 5.91 Å². The molecule has 0 aromatic heterocycles. The van der Waals surface area contributed by atoms with Crippen molar-refractivity contribution < 1.29 is 20.1 Å². The Kier molecular flexibility index (Phi) is 37.2. The molecule has 0 rings (SSSR count). The van der Waals surface area contributed by atoms with Gasteiger partial charge < -0.3 is 20.6 Å². The molecule has 3 atom stereocenters. The number of amides is 1. The molecule has 0 spiro atoms. The predicted molar refractivity (Wildman–Crippen MR) is 208 cm³/mol. The van der Waals surface area contributed by atoms with Crippen molar-refractivity contribution in [2.45, 2.75) is 225 Å². The largest absolute Gasteiger partial charge is 0.394 e. The minimum absolute atomic E-state index is 0.168. The van der Waals surface area contributed by atoms with Crippen molar-refractivity contribution in [1.82, 2.24) is 5.32 Å². The minimum atomic E-state index is -1.17. The van der Waals surface area contributed by atoms with Crippen molar-refractivity contribution in [2.75, 3.05) is 6.61 Å². The highest BCUT2D eigenvalue weighted by Crippen LogP contribution is 2.13. The lowest BCUT2D eigenvalue weighted by molar-refractivity contribution is -0.124. The number of allylic oxidation sites excluding steroid dienone is 6. The maximum atomic E-state index is 12.4. The summed E-state index contributed by atoms with van der Waals surface area (Å²) in [6.45, 7) is 4.15. The van der Waals surface area contributed by atoms with Gasteiger partial charge in [-0.25, -0.2) is 0 Å². The molecule has 48 heavy (non-hydrogen) atoms. The van der Waals surface area contributed by atoms with E-state index in [0.29, 0.717) is 12.8 Å². The third-order valence-corrected chi connectivity index (χ3v) is 9.44. The Morgan fingerprint density at radius 1 is 0.500 bits per heavy atom. The highest BCUT2D eigenvalue weighted by molar-refractivity contribution is 5.76. The average Bonchev–Trinajstić information content (AvgIpc) is 3.09. The van der Waals surface area contributed by atoms with Crippen LogP contribution in [-0.2, 0) is 4.79 Å². The molecule has 3 unspecified atom stereocenters. The maximum Gasteiger partial charge on any atom is 0.220 e. The Balaban J connectivity index is 3.74. The summed E-state index contributed by atoms with van der Waals surface area (Å²) >= 11 is 0. The Bertz CT molecular complexity index is 749. The van der Waals surface area contributed by atoms with Crippen molar-refractivity contribution in [3.63, 3.8) is 0 Å². The van der Waals surface area contributed by atoms with Crippen LogP contribution in [-0.4, -0.2) is 46.1 Å². The van der Waals surface area contributed by atoms with E-state index in [9.17, 15) is 20.1 Å². The number of rotatable bonds is 37. The molecule has 5 nitrogen and oxygen atoms in total. The van der Waals surface area contributed by atoms with E-state index in [4.69, 9.17) is 0 Å². The fourth-order valence-electron chi connectivity index (χ4n) is 6.17. The second-order valence-corrected chi connectivity index (χ2v) is 14.2. The van der Waals surface area contributed by atoms with Crippen LogP contribution in [0.3, 0.4) is 0 Å². The van der Waals surface area contributed by atoms with Crippen LogP contribution in [0.15, 0.2) is 36.5 Å². The topological polar surface area (TPSA) is 89.8 Å². The first-order chi connectivity index (χ1) is 23.6. The molecular weight excluding hydrogens is 594 g/mol. The van der Waals surface area contributed by atoms with Crippen LogP contribution < -0.4 is 5.32 Å². The molecule has 0 fully saturated rings. The molecule has 0 aromatic rings. The van der Waals surface area contributed by atoms with Gasteiger partial charge in [0, 0.05) is 6.42 Å². The quantitative estimate of drug-likeness (QED) is 0.0390. The van der Waals surface area contributed by atoms with Gasteiger partial charge in [0.05, 0.1) is 18.8 Å². The van der Waals surface area contributed by atoms with Gasteiger partial charge in [-0.2, -0.15) is 0 Å². The molecule has 0 aliphatic heterocycles. The van der Waals surface area contributed by atoms with E-state index in [-0.39, 0.29) is 12.5 Å². The molecule has 0 bridgehead atoms. The predicted octanol–water partition coefficient (Wildman–Crippen LogP) is 11.6. The van der Waals surface area contributed by atoms with Crippen molar-refractivity contribution in [3.8, 4) is 0 Å². The van der Waals surface area contributed by atoms with Gasteiger partial charge in [0.2, 0.25) is 5.91 Å². The summed E-state index contributed by atoms with van der Waals surface area (Å²) < 4.78 is 0. The number of unbranched alkanes of at least 4 members (excludes halogenated alkanes) is 23.